The van der Waals surface area contributed by atoms with Gasteiger partial charge in [0.25, 0.3) is 11.8 Å². The van der Waals surface area contributed by atoms with E-state index >= 15 is 0 Å². The molecular formula is C23H29F3N4O4. The molecule has 1 aromatic heterocycles. The molecule has 2 heterocycles. The maximum absolute atomic E-state index is 13.8. The van der Waals surface area contributed by atoms with Crippen LogP contribution in [0, 0.1) is 17.5 Å². The number of benzene rings is 1. The van der Waals surface area contributed by atoms with Gasteiger partial charge in [0.15, 0.2) is 11.4 Å². The fourth-order valence-corrected chi connectivity index (χ4v) is 3.46. The first-order valence-electron chi connectivity index (χ1n) is 11.0. The van der Waals surface area contributed by atoms with Gasteiger partial charge in [-0.2, -0.15) is 0 Å². The smallest absolute Gasteiger partial charge is 0.276 e. The maximum Gasteiger partial charge on any atom is 0.276 e. The van der Waals surface area contributed by atoms with Gasteiger partial charge in [0.2, 0.25) is 5.43 Å². The van der Waals surface area contributed by atoms with Crippen molar-refractivity contribution in [1.82, 2.24) is 14.9 Å². The van der Waals surface area contributed by atoms with Crippen molar-refractivity contribution in [1.29, 1.82) is 0 Å². The second-order valence-electron chi connectivity index (χ2n) is 7.72. The number of aromatic nitrogens is 1. The second-order valence-corrected chi connectivity index (χ2v) is 7.72. The molecule has 0 saturated carbocycles. The molecule has 0 spiro atoms. The van der Waals surface area contributed by atoms with Crippen molar-refractivity contribution in [2.45, 2.75) is 52.6 Å². The number of rotatable bonds is 3. The molecule has 0 aliphatic carbocycles. The zero-order chi connectivity index (χ0) is 25.6. The number of hydrogen-bond acceptors (Lipinski definition) is 5. The molecular weight excluding hydrogens is 453 g/mol. The van der Waals surface area contributed by atoms with Crippen LogP contribution in [-0.4, -0.2) is 46.1 Å². The third-order valence-electron chi connectivity index (χ3n) is 5.25. The molecule has 2 aromatic rings. The predicted octanol–water partition coefficient (Wildman–Crippen LogP) is 3.12. The Morgan fingerprint density at radius 3 is 2.41 bits per heavy atom. The molecule has 1 aromatic carbocycles. The Bertz CT molecular complexity index is 1100. The minimum Gasteiger partial charge on any atom is -0.502 e. The van der Waals surface area contributed by atoms with Crippen molar-refractivity contribution in [3.05, 3.63) is 62.8 Å². The standard InChI is InChI=1S/C21H23F3N4O4.C2H6/c1-11-5-3-4-6-27(2)21(32)17-19(30)18(29)14(10-28(17)26-11)20(31)25-9-13-15(23)7-12(22)8-16(13)24;1-2/h7-8,10-11,26,30H,3-6,9H2,1-2H3,(H,25,31);1-2H3. The third kappa shape index (κ3) is 5.89. The van der Waals surface area contributed by atoms with Crippen molar-refractivity contribution in [3.8, 4) is 5.75 Å². The molecule has 3 rings (SSSR count). The third-order valence-corrected chi connectivity index (χ3v) is 5.25. The van der Waals surface area contributed by atoms with E-state index in [1.165, 1.54) is 11.9 Å². The van der Waals surface area contributed by atoms with Crippen molar-refractivity contribution in [2.75, 3.05) is 19.0 Å². The van der Waals surface area contributed by atoms with Crippen LogP contribution in [-0.2, 0) is 6.54 Å². The summed E-state index contributed by atoms with van der Waals surface area (Å²) in [5.41, 5.74) is 0.410. The molecule has 0 radical (unpaired) electrons. The van der Waals surface area contributed by atoms with Gasteiger partial charge >= 0.3 is 0 Å². The van der Waals surface area contributed by atoms with Crippen molar-refractivity contribution in [3.63, 3.8) is 0 Å². The molecule has 1 aliphatic heterocycles. The lowest BCUT2D eigenvalue weighted by molar-refractivity contribution is 0.0774. The van der Waals surface area contributed by atoms with Gasteiger partial charge in [0.1, 0.15) is 23.0 Å². The Morgan fingerprint density at radius 2 is 1.79 bits per heavy atom. The number of aromatic hydroxyl groups is 1. The normalized spacial score (nSPS) is 16.0. The van der Waals surface area contributed by atoms with E-state index in [1.54, 1.807) is 0 Å². The van der Waals surface area contributed by atoms with E-state index in [1.807, 2.05) is 20.8 Å². The number of halogens is 3. The van der Waals surface area contributed by atoms with E-state index < -0.39 is 58.1 Å². The number of nitrogens with zero attached hydrogens (tertiary/aromatic N) is 2. The van der Waals surface area contributed by atoms with Gasteiger partial charge < -0.3 is 20.7 Å². The predicted molar refractivity (Wildman–Crippen MR) is 121 cm³/mol. The number of pyridine rings is 1. The molecule has 1 unspecified atom stereocenters. The quantitative estimate of drug-likeness (QED) is 0.624. The summed E-state index contributed by atoms with van der Waals surface area (Å²) >= 11 is 0. The van der Waals surface area contributed by atoms with Crippen LogP contribution in [0.25, 0.3) is 0 Å². The number of fused-ring (bicyclic) bond motifs is 1. The molecule has 0 saturated heterocycles. The topological polar surface area (TPSA) is 104 Å². The van der Waals surface area contributed by atoms with Crippen LogP contribution >= 0.6 is 0 Å². The van der Waals surface area contributed by atoms with Crippen molar-refractivity contribution >= 4 is 11.8 Å². The van der Waals surface area contributed by atoms with E-state index in [4.69, 9.17) is 0 Å². The van der Waals surface area contributed by atoms with E-state index in [2.05, 4.69) is 10.7 Å². The summed E-state index contributed by atoms with van der Waals surface area (Å²) in [6, 6.07) is 0.788. The highest BCUT2D eigenvalue weighted by Gasteiger charge is 2.27. The molecule has 1 aliphatic rings. The highest BCUT2D eigenvalue weighted by Crippen LogP contribution is 2.19. The minimum atomic E-state index is -1.20. The SMILES string of the molecule is CC.CC1CCCCN(C)C(=O)c2c(O)c(=O)c(C(=O)NCc3c(F)cc(F)cc3F)cn2N1. The Balaban J connectivity index is 0.00000199. The van der Waals surface area contributed by atoms with Gasteiger partial charge in [0, 0.05) is 50.1 Å². The van der Waals surface area contributed by atoms with Crippen LogP contribution in [0.5, 0.6) is 5.75 Å². The molecule has 0 fully saturated rings. The average Bonchev–Trinajstić information content (AvgIpc) is 2.78. The first-order chi connectivity index (χ1) is 16.1. The summed E-state index contributed by atoms with van der Waals surface area (Å²) in [6.07, 6.45) is 3.37. The monoisotopic (exact) mass is 482 g/mol. The van der Waals surface area contributed by atoms with E-state index in [0.29, 0.717) is 18.7 Å². The zero-order valence-electron chi connectivity index (χ0n) is 19.5. The molecule has 8 nitrogen and oxygen atoms in total. The second kappa shape index (κ2) is 11.6. The summed E-state index contributed by atoms with van der Waals surface area (Å²) in [6.45, 7) is 5.61. The average molecular weight is 483 g/mol. The largest absolute Gasteiger partial charge is 0.502 e. The van der Waals surface area contributed by atoms with Gasteiger partial charge in [-0.1, -0.05) is 13.8 Å². The maximum atomic E-state index is 13.8. The number of carbonyl (C=O) groups is 2. The first-order valence-corrected chi connectivity index (χ1v) is 11.0. The Hall–Kier alpha value is -3.50. The summed E-state index contributed by atoms with van der Waals surface area (Å²) in [5, 5.41) is 12.7. The van der Waals surface area contributed by atoms with Gasteiger partial charge in [0.05, 0.1) is 0 Å². The summed E-state index contributed by atoms with van der Waals surface area (Å²) in [7, 11) is 1.54. The lowest BCUT2D eigenvalue weighted by Gasteiger charge is -2.26. The molecule has 34 heavy (non-hydrogen) atoms. The number of hydrogen-bond donors (Lipinski definition) is 3. The summed E-state index contributed by atoms with van der Waals surface area (Å²) < 4.78 is 41.8. The lowest BCUT2D eigenvalue weighted by atomic mass is 10.1. The number of carbonyl (C=O) groups excluding carboxylic acids is 2. The summed E-state index contributed by atoms with van der Waals surface area (Å²) in [5.74, 6) is -6.07. The van der Waals surface area contributed by atoms with E-state index in [-0.39, 0.29) is 11.7 Å². The van der Waals surface area contributed by atoms with E-state index in [9.17, 15) is 32.7 Å². The number of nitrogens with one attached hydrogen (secondary N) is 2. The van der Waals surface area contributed by atoms with Gasteiger partial charge in [-0.15, -0.1) is 0 Å². The Labute approximate surface area is 195 Å². The van der Waals surface area contributed by atoms with Crippen LogP contribution < -0.4 is 16.2 Å². The molecule has 11 heteroatoms. The fourth-order valence-electron chi connectivity index (χ4n) is 3.46. The Morgan fingerprint density at radius 1 is 1.18 bits per heavy atom. The van der Waals surface area contributed by atoms with Crippen molar-refractivity contribution < 1.29 is 27.9 Å². The molecule has 0 bridgehead atoms. The minimum absolute atomic E-state index is 0.148. The van der Waals surface area contributed by atoms with Crippen LogP contribution in [0.3, 0.4) is 0 Å². The van der Waals surface area contributed by atoms with Gasteiger partial charge in [-0.3, -0.25) is 19.1 Å². The van der Waals surface area contributed by atoms with Crippen LogP contribution in [0.15, 0.2) is 23.1 Å². The van der Waals surface area contributed by atoms with Gasteiger partial charge in [-0.25, -0.2) is 13.2 Å². The molecule has 2 amide bonds. The van der Waals surface area contributed by atoms with E-state index in [0.717, 1.165) is 30.1 Å². The fraction of sp³-hybridized carbons (Fsp3) is 0.435. The lowest BCUT2D eigenvalue weighted by Crippen LogP contribution is -2.39. The van der Waals surface area contributed by atoms with Crippen LogP contribution in [0.1, 0.15) is 66.4 Å². The van der Waals surface area contributed by atoms with Gasteiger partial charge in [-0.05, 0) is 26.2 Å². The molecule has 3 N–H and O–H groups in total. The molecule has 1 atom stereocenters. The number of amides is 2. The van der Waals surface area contributed by atoms with Crippen LogP contribution in [0.2, 0.25) is 0 Å². The van der Waals surface area contributed by atoms with Crippen LogP contribution in [0.4, 0.5) is 13.2 Å². The highest BCUT2D eigenvalue weighted by molar-refractivity contribution is 5.98. The Kier molecular flexibility index (Phi) is 9.11. The van der Waals surface area contributed by atoms with Crippen molar-refractivity contribution in [2.24, 2.45) is 0 Å². The zero-order valence-corrected chi connectivity index (χ0v) is 19.5. The summed E-state index contributed by atoms with van der Waals surface area (Å²) in [4.78, 5) is 39.4. The first kappa shape index (κ1) is 26.7. The molecule has 186 valence electrons. The highest BCUT2D eigenvalue weighted by atomic mass is 19.1.